The summed E-state index contributed by atoms with van der Waals surface area (Å²) in [4.78, 5) is 13.8. The van der Waals surface area contributed by atoms with Crippen LogP contribution in [-0.4, -0.2) is 44.9 Å². The van der Waals surface area contributed by atoms with E-state index >= 15 is 0 Å². The van der Waals surface area contributed by atoms with Crippen molar-refractivity contribution in [2.75, 3.05) is 19.3 Å². The number of nitrogens with zero attached hydrogens (tertiary/aromatic N) is 4. The van der Waals surface area contributed by atoms with Gasteiger partial charge in [0.2, 0.25) is 5.91 Å². The van der Waals surface area contributed by atoms with Gasteiger partial charge in [-0.2, -0.15) is 0 Å². The van der Waals surface area contributed by atoms with E-state index in [4.69, 9.17) is 0 Å². The molecule has 0 radical (unpaired) electrons. The zero-order valence-electron chi connectivity index (χ0n) is 14.6. The van der Waals surface area contributed by atoms with E-state index in [9.17, 15) is 9.18 Å². The minimum Gasteiger partial charge on any atom is -0.345 e. The third-order valence-corrected chi connectivity index (χ3v) is 4.90. The lowest BCUT2D eigenvalue weighted by atomic mass is 10.2. The van der Waals surface area contributed by atoms with E-state index in [0.717, 1.165) is 5.69 Å². The largest absolute Gasteiger partial charge is 0.345 e. The molecule has 0 atom stereocenters. The van der Waals surface area contributed by atoms with Crippen LogP contribution in [0.15, 0.2) is 59.8 Å². The van der Waals surface area contributed by atoms with Crippen LogP contribution in [0.25, 0.3) is 17.1 Å². The van der Waals surface area contributed by atoms with Crippen LogP contribution >= 0.6 is 11.8 Å². The molecule has 0 unspecified atom stereocenters. The lowest BCUT2D eigenvalue weighted by Gasteiger charge is -2.14. The average molecular weight is 370 g/mol. The molecule has 1 aromatic heterocycles. The lowest BCUT2D eigenvalue weighted by molar-refractivity contribution is -0.126. The number of aromatic nitrogens is 3. The van der Waals surface area contributed by atoms with Crippen LogP contribution < -0.4 is 0 Å². The highest BCUT2D eigenvalue weighted by molar-refractivity contribution is 7.99. The number of hydrogen-bond donors (Lipinski definition) is 0. The molecule has 0 fully saturated rings. The average Bonchev–Trinajstić information content (AvgIpc) is 3.10. The van der Waals surface area contributed by atoms with E-state index in [-0.39, 0.29) is 17.5 Å². The first-order chi connectivity index (χ1) is 12.6. The predicted molar refractivity (Wildman–Crippen MR) is 101 cm³/mol. The number of thioether (sulfide) groups is 1. The van der Waals surface area contributed by atoms with Gasteiger partial charge in [0.1, 0.15) is 5.82 Å². The minimum absolute atomic E-state index is 0.00699. The molecule has 0 aliphatic rings. The van der Waals surface area contributed by atoms with E-state index in [0.29, 0.717) is 23.1 Å². The normalized spacial score (nSPS) is 10.7. The van der Waals surface area contributed by atoms with Gasteiger partial charge in [-0.15, -0.1) is 10.2 Å². The molecular formula is C19H19FN4OS. The van der Waals surface area contributed by atoms with Gasteiger partial charge in [-0.3, -0.25) is 9.36 Å². The van der Waals surface area contributed by atoms with E-state index in [1.165, 1.54) is 17.8 Å². The Morgan fingerprint density at radius 3 is 2.50 bits per heavy atom. The van der Waals surface area contributed by atoms with E-state index in [1.54, 1.807) is 34.7 Å². The summed E-state index contributed by atoms with van der Waals surface area (Å²) >= 11 is 1.29. The Morgan fingerprint density at radius 1 is 1.12 bits per heavy atom. The quantitative estimate of drug-likeness (QED) is 0.622. The van der Waals surface area contributed by atoms with Crippen LogP contribution in [0.3, 0.4) is 0 Å². The van der Waals surface area contributed by atoms with Gasteiger partial charge in [0.05, 0.1) is 11.3 Å². The second kappa shape index (κ2) is 8.14. The molecule has 134 valence electrons. The SMILES string of the molecule is CCN(C)C(=O)CSc1nnc(-c2ccccc2F)n1-c1ccccc1. The smallest absolute Gasteiger partial charge is 0.232 e. The van der Waals surface area contributed by atoms with Gasteiger partial charge < -0.3 is 4.90 Å². The molecule has 0 spiro atoms. The van der Waals surface area contributed by atoms with Crippen molar-refractivity contribution in [1.82, 2.24) is 19.7 Å². The summed E-state index contributed by atoms with van der Waals surface area (Å²) < 4.78 is 16.1. The second-order valence-electron chi connectivity index (χ2n) is 5.65. The number of benzene rings is 2. The zero-order chi connectivity index (χ0) is 18.5. The fourth-order valence-corrected chi connectivity index (χ4v) is 3.30. The molecule has 0 saturated carbocycles. The van der Waals surface area contributed by atoms with E-state index < -0.39 is 0 Å². The van der Waals surface area contributed by atoms with Gasteiger partial charge in [0.25, 0.3) is 0 Å². The van der Waals surface area contributed by atoms with Crippen molar-refractivity contribution in [3.05, 3.63) is 60.4 Å². The number of halogens is 1. The molecule has 1 amide bonds. The van der Waals surface area contributed by atoms with Crippen LogP contribution in [-0.2, 0) is 4.79 Å². The fraction of sp³-hybridized carbons (Fsp3) is 0.211. The maximum absolute atomic E-state index is 14.3. The predicted octanol–water partition coefficient (Wildman–Crippen LogP) is 3.64. The number of rotatable bonds is 6. The van der Waals surface area contributed by atoms with Crippen LogP contribution in [0.5, 0.6) is 0 Å². The standard InChI is InChI=1S/C19H19FN4OS/c1-3-23(2)17(25)13-26-19-22-21-18(15-11-7-8-12-16(15)20)24(19)14-9-5-4-6-10-14/h4-12H,3,13H2,1-2H3. The van der Waals surface area contributed by atoms with Gasteiger partial charge in [-0.25, -0.2) is 4.39 Å². The van der Waals surface area contributed by atoms with E-state index in [2.05, 4.69) is 10.2 Å². The first-order valence-electron chi connectivity index (χ1n) is 8.24. The maximum atomic E-state index is 14.3. The Bertz CT molecular complexity index is 898. The van der Waals surface area contributed by atoms with Gasteiger partial charge in [-0.1, -0.05) is 42.1 Å². The fourth-order valence-electron chi connectivity index (χ4n) is 2.40. The van der Waals surface area contributed by atoms with Crippen LogP contribution in [0.1, 0.15) is 6.92 Å². The Hall–Kier alpha value is -2.67. The maximum Gasteiger partial charge on any atom is 0.232 e. The summed E-state index contributed by atoms with van der Waals surface area (Å²) in [6.45, 7) is 2.57. The van der Waals surface area contributed by atoms with Crippen molar-refractivity contribution in [2.45, 2.75) is 12.1 Å². The Balaban J connectivity index is 2.01. The molecule has 2 aromatic carbocycles. The number of para-hydroxylation sites is 1. The molecule has 0 bridgehead atoms. The molecule has 3 aromatic rings. The highest BCUT2D eigenvalue weighted by atomic mass is 32.2. The first kappa shape index (κ1) is 18.1. The molecule has 5 nitrogen and oxygen atoms in total. The number of hydrogen-bond acceptors (Lipinski definition) is 4. The van der Waals surface area contributed by atoms with Crippen molar-refractivity contribution in [1.29, 1.82) is 0 Å². The summed E-state index contributed by atoms with van der Waals surface area (Å²) in [6.07, 6.45) is 0. The summed E-state index contributed by atoms with van der Waals surface area (Å²) in [5.41, 5.74) is 1.18. The van der Waals surface area contributed by atoms with Crippen LogP contribution in [0.2, 0.25) is 0 Å². The number of carbonyl (C=O) groups excluding carboxylic acids is 1. The topological polar surface area (TPSA) is 51.0 Å². The van der Waals surface area contributed by atoms with Crippen molar-refractivity contribution in [3.8, 4) is 17.1 Å². The van der Waals surface area contributed by atoms with E-state index in [1.807, 2.05) is 37.3 Å². The molecule has 0 N–H and O–H groups in total. The summed E-state index contributed by atoms with van der Waals surface area (Å²) in [7, 11) is 1.76. The molecule has 0 saturated heterocycles. The lowest BCUT2D eigenvalue weighted by Crippen LogP contribution is -2.27. The number of carbonyl (C=O) groups is 1. The van der Waals surface area contributed by atoms with Gasteiger partial charge in [0.15, 0.2) is 11.0 Å². The molecule has 0 aliphatic heterocycles. The van der Waals surface area contributed by atoms with Crippen molar-refractivity contribution in [3.63, 3.8) is 0 Å². The van der Waals surface area contributed by atoms with Gasteiger partial charge in [0, 0.05) is 19.3 Å². The summed E-state index contributed by atoms with van der Waals surface area (Å²) in [5.74, 6) is 0.295. The monoisotopic (exact) mass is 370 g/mol. The highest BCUT2D eigenvalue weighted by Gasteiger charge is 2.19. The molecular weight excluding hydrogens is 351 g/mol. The molecule has 0 aliphatic carbocycles. The molecule has 1 heterocycles. The van der Waals surface area contributed by atoms with Crippen LogP contribution in [0, 0.1) is 5.82 Å². The van der Waals surface area contributed by atoms with Crippen molar-refractivity contribution < 1.29 is 9.18 Å². The molecule has 7 heteroatoms. The van der Waals surface area contributed by atoms with Crippen molar-refractivity contribution >= 4 is 17.7 Å². The molecule has 3 rings (SSSR count). The second-order valence-corrected chi connectivity index (χ2v) is 6.60. The Labute approximate surface area is 155 Å². The summed E-state index contributed by atoms with van der Waals surface area (Å²) in [5, 5.41) is 8.95. The zero-order valence-corrected chi connectivity index (χ0v) is 15.4. The number of amides is 1. The minimum atomic E-state index is -0.365. The Kier molecular flexibility index (Phi) is 5.68. The van der Waals surface area contributed by atoms with Crippen LogP contribution in [0.4, 0.5) is 4.39 Å². The van der Waals surface area contributed by atoms with Crippen molar-refractivity contribution in [2.24, 2.45) is 0 Å². The Morgan fingerprint density at radius 2 is 1.81 bits per heavy atom. The highest BCUT2D eigenvalue weighted by Crippen LogP contribution is 2.29. The van der Waals surface area contributed by atoms with Gasteiger partial charge in [-0.05, 0) is 31.2 Å². The molecule has 26 heavy (non-hydrogen) atoms. The van der Waals surface area contributed by atoms with Gasteiger partial charge >= 0.3 is 0 Å². The third-order valence-electron chi connectivity index (χ3n) is 3.99. The first-order valence-corrected chi connectivity index (χ1v) is 9.23. The third kappa shape index (κ3) is 3.77. The summed E-state index contributed by atoms with van der Waals surface area (Å²) in [6, 6.07) is 16.0.